The van der Waals surface area contributed by atoms with Crippen LogP contribution >= 0.6 is 23.2 Å². The molecule has 0 fully saturated rings. The van der Waals surface area contributed by atoms with Crippen LogP contribution in [0, 0.1) is 0 Å². The molecule has 0 N–H and O–H groups in total. The largest absolute Gasteiger partial charge is 0.0843 e. The summed E-state index contributed by atoms with van der Waals surface area (Å²) in [6.45, 7) is 0. The van der Waals surface area contributed by atoms with E-state index >= 15 is 0 Å². The van der Waals surface area contributed by atoms with Crippen LogP contribution in [0.5, 0.6) is 0 Å². The second-order valence-electron chi connectivity index (χ2n) is 4.91. The Hall–Kier alpha value is -0.980. The van der Waals surface area contributed by atoms with Crippen LogP contribution in [0.15, 0.2) is 42.5 Å². The van der Waals surface area contributed by atoms with Crippen molar-refractivity contribution >= 4 is 23.2 Å². The molecule has 0 amide bonds. The van der Waals surface area contributed by atoms with Crippen LogP contribution < -0.4 is 0 Å². The monoisotopic (exact) mass is 276 g/mol. The second-order valence-corrected chi connectivity index (χ2v) is 5.79. The van der Waals surface area contributed by atoms with Gasteiger partial charge in [-0.05, 0) is 66.1 Å². The molecule has 1 aliphatic rings. The van der Waals surface area contributed by atoms with Gasteiger partial charge in [0, 0.05) is 10.0 Å². The minimum atomic E-state index is 0.607. The van der Waals surface area contributed by atoms with Crippen LogP contribution in [0.2, 0.25) is 10.0 Å². The SMILES string of the molecule is Clc1cccc(CC2CCc3cc(Cl)ccc32)c1. The summed E-state index contributed by atoms with van der Waals surface area (Å²) in [6, 6.07) is 14.4. The molecule has 18 heavy (non-hydrogen) atoms. The Labute approximate surface area is 118 Å². The van der Waals surface area contributed by atoms with E-state index in [4.69, 9.17) is 23.2 Å². The molecule has 3 rings (SSSR count). The maximum absolute atomic E-state index is 6.03. The first-order valence-electron chi connectivity index (χ1n) is 6.25. The fraction of sp³-hybridized carbons (Fsp3) is 0.250. The molecule has 0 nitrogen and oxygen atoms in total. The van der Waals surface area contributed by atoms with Crippen molar-refractivity contribution in [3.8, 4) is 0 Å². The third kappa shape index (κ3) is 2.41. The molecular weight excluding hydrogens is 263 g/mol. The van der Waals surface area contributed by atoms with Gasteiger partial charge >= 0.3 is 0 Å². The number of hydrogen-bond donors (Lipinski definition) is 0. The minimum absolute atomic E-state index is 0.607. The molecule has 2 aromatic rings. The maximum Gasteiger partial charge on any atom is 0.0408 e. The third-order valence-corrected chi connectivity index (χ3v) is 4.15. The standard InChI is InChI=1S/C16H14Cl2/c17-14-3-1-2-11(9-14)8-12-4-5-13-10-15(18)6-7-16(12)13/h1-3,6-7,9-10,12H,4-5,8H2. The van der Waals surface area contributed by atoms with E-state index in [1.165, 1.54) is 23.1 Å². The zero-order valence-corrected chi connectivity index (χ0v) is 11.5. The van der Waals surface area contributed by atoms with Gasteiger partial charge in [-0.3, -0.25) is 0 Å². The molecule has 0 saturated heterocycles. The van der Waals surface area contributed by atoms with Crippen molar-refractivity contribution in [2.45, 2.75) is 25.2 Å². The molecule has 0 saturated carbocycles. The van der Waals surface area contributed by atoms with Gasteiger partial charge < -0.3 is 0 Å². The fourth-order valence-corrected chi connectivity index (χ4v) is 3.24. The van der Waals surface area contributed by atoms with Crippen molar-refractivity contribution in [3.05, 3.63) is 69.2 Å². The first-order chi connectivity index (χ1) is 8.72. The maximum atomic E-state index is 6.03. The van der Waals surface area contributed by atoms with Gasteiger partial charge in [0.15, 0.2) is 0 Å². The summed E-state index contributed by atoms with van der Waals surface area (Å²) >= 11 is 12.1. The predicted octanol–water partition coefficient (Wildman–Crippen LogP) is 5.27. The lowest BCUT2D eigenvalue weighted by atomic mass is 9.94. The highest BCUT2D eigenvalue weighted by molar-refractivity contribution is 6.30. The molecule has 1 unspecified atom stereocenters. The summed E-state index contributed by atoms with van der Waals surface area (Å²) in [5.74, 6) is 0.607. The zero-order chi connectivity index (χ0) is 12.5. The molecule has 0 aromatic heterocycles. The number of fused-ring (bicyclic) bond motifs is 1. The number of benzene rings is 2. The second kappa shape index (κ2) is 4.95. The van der Waals surface area contributed by atoms with Gasteiger partial charge in [0.05, 0.1) is 0 Å². The molecule has 0 bridgehead atoms. The molecule has 0 radical (unpaired) electrons. The van der Waals surface area contributed by atoms with E-state index in [0.29, 0.717) is 5.92 Å². The van der Waals surface area contributed by atoms with Crippen molar-refractivity contribution in [2.24, 2.45) is 0 Å². The zero-order valence-electron chi connectivity index (χ0n) is 10.00. The Morgan fingerprint density at radius 1 is 1.00 bits per heavy atom. The van der Waals surface area contributed by atoms with E-state index in [1.54, 1.807) is 0 Å². The lowest BCUT2D eigenvalue weighted by Gasteiger charge is -2.12. The number of rotatable bonds is 2. The van der Waals surface area contributed by atoms with Crippen molar-refractivity contribution in [3.63, 3.8) is 0 Å². The Kier molecular flexibility index (Phi) is 3.32. The summed E-state index contributed by atoms with van der Waals surface area (Å²) in [5.41, 5.74) is 4.18. The Bertz CT molecular complexity index is 575. The highest BCUT2D eigenvalue weighted by Crippen LogP contribution is 2.36. The lowest BCUT2D eigenvalue weighted by Crippen LogP contribution is -1.98. The van der Waals surface area contributed by atoms with Gasteiger partial charge in [0.2, 0.25) is 0 Å². The number of aryl methyl sites for hydroxylation is 1. The molecule has 0 spiro atoms. The predicted molar refractivity (Wildman–Crippen MR) is 77.7 cm³/mol. The molecule has 1 atom stereocenters. The molecule has 0 aliphatic heterocycles. The van der Waals surface area contributed by atoms with Gasteiger partial charge in [-0.25, -0.2) is 0 Å². The molecule has 2 aromatic carbocycles. The van der Waals surface area contributed by atoms with E-state index in [9.17, 15) is 0 Å². The fourth-order valence-electron chi connectivity index (χ4n) is 2.83. The van der Waals surface area contributed by atoms with Gasteiger partial charge in [-0.1, -0.05) is 41.4 Å². The number of hydrogen-bond acceptors (Lipinski definition) is 0. The first kappa shape index (κ1) is 12.1. The smallest absolute Gasteiger partial charge is 0.0408 e. The summed E-state index contributed by atoms with van der Waals surface area (Å²) < 4.78 is 0. The summed E-state index contributed by atoms with van der Waals surface area (Å²) in [5, 5.41) is 1.67. The average Bonchev–Trinajstić information content (AvgIpc) is 2.72. The van der Waals surface area contributed by atoms with Crippen molar-refractivity contribution in [1.82, 2.24) is 0 Å². The molecule has 0 heterocycles. The van der Waals surface area contributed by atoms with Crippen LogP contribution in [0.1, 0.15) is 29.0 Å². The van der Waals surface area contributed by atoms with E-state index in [-0.39, 0.29) is 0 Å². The lowest BCUT2D eigenvalue weighted by molar-refractivity contribution is 0.675. The van der Waals surface area contributed by atoms with Gasteiger partial charge in [-0.2, -0.15) is 0 Å². The van der Waals surface area contributed by atoms with Crippen LogP contribution in [-0.2, 0) is 12.8 Å². The van der Waals surface area contributed by atoms with Gasteiger partial charge in [0.25, 0.3) is 0 Å². The summed E-state index contributed by atoms with van der Waals surface area (Å²) in [6.07, 6.45) is 3.42. The number of halogens is 2. The Morgan fingerprint density at radius 3 is 2.67 bits per heavy atom. The van der Waals surface area contributed by atoms with Crippen LogP contribution in [0.3, 0.4) is 0 Å². The first-order valence-corrected chi connectivity index (χ1v) is 7.01. The quantitative estimate of drug-likeness (QED) is 0.701. The molecule has 92 valence electrons. The van der Waals surface area contributed by atoms with Crippen molar-refractivity contribution in [1.29, 1.82) is 0 Å². The van der Waals surface area contributed by atoms with Crippen LogP contribution in [0.4, 0.5) is 0 Å². The topological polar surface area (TPSA) is 0 Å². The van der Waals surface area contributed by atoms with Crippen LogP contribution in [-0.4, -0.2) is 0 Å². The van der Waals surface area contributed by atoms with Crippen LogP contribution in [0.25, 0.3) is 0 Å². The Morgan fingerprint density at radius 2 is 1.83 bits per heavy atom. The Balaban J connectivity index is 1.85. The molecular formula is C16H14Cl2. The van der Waals surface area contributed by atoms with E-state index in [2.05, 4.69) is 24.3 Å². The summed E-state index contributed by atoms with van der Waals surface area (Å²) in [4.78, 5) is 0. The third-order valence-electron chi connectivity index (χ3n) is 3.68. The highest BCUT2D eigenvalue weighted by atomic mass is 35.5. The van der Waals surface area contributed by atoms with E-state index in [0.717, 1.165) is 22.9 Å². The van der Waals surface area contributed by atoms with Gasteiger partial charge in [-0.15, -0.1) is 0 Å². The average molecular weight is 277 g/mol. The van der Waals surface area contributed by atoms with Crippen molar-refractivity contribution in [2.75, 3.05) is 0 Å². The van der Waals surface area contributed by atoms with Crippen molar-refractivity contribution < 1.29 is 0 Å². The van der Waals surface area contributed by atoms with E-state index in [1.807, 2.05) is 18.2 Å². The van der Waals surface area contributed by atoms with Gasteiger partial charge in [0.1, 0.15) is 0 Å². The molecule has 2 heteroatoms. The normalized spacial score (nSPS) is 17.8. The van der Waals surface area contributed by atoms with E-state index < -0.39 is 0 Å². The summed E-state index contributed by atoms with van der Waals surface area (Å²) in [7, 11) is 0. The highest BCUT2D eigenvalue weighted by Gasteiger charge is 2.22. The molecule has 1 aliphatic carbocycles. The minimum Gasteiger partial charge on any atom is -0.0843 e.